The molecule has 26 heavy (non-hydrogen) atoms. The lowest BCUT2D eigenvalue weighted by atomic mass is 9.77. The first-order valence-electron chi connectivity index (χ1n) is 9.40. The van der Waals surface area contributed by atoms with Gasteiger partial charge in [-0.25, -0.2) is 0 Å². The van der Waals surface area contributed by atoms with Crippen molar-refractivity contribution in [2.75, 3.05) is 19.7 Å². The van der Waals surface area contributed by atoms with Crippen molar-refractivity contribution in [1.29, 1.82) is 0 Å². The summed E-state index contributed by atoms with van der Waals surface area (Å²) in [5.74, 6) is 1.25. The van der Waals surface area contributed by atoms with Gasteiger partial charge in [0, 0.05) is 24.5 Å². The number of nitrogens with one attached hydrogen (secondary N) is 1. The first-order chi connectivity index (χ1) is 12.8. The molecular formula is C20H25N3O2S. The molecule has 3 fully saturated rings. The highest BCUT2D eigenvalue weighted by Gasteiger charge is 2.43. The summed E-state index contributed by atoms with van der Waals surface area (Å²) in [5.41, 5.74) is 1.23. The van der Waals surface area contributed by atoms with Gasteiger partial charge in [0.2, 0.25) is 0 Å². The van der Waals surface area contributed by atoms with Crippen LogP contribution in [-0.2, 0) is 6.42 Å². The molecule has 2 unspecified atom stereocenters. The second kappa shape index (κ2) is 7.76. The summed E-state index contributed by atoms with van der Waals surface area (Å²) in [7, 11) is 0. The fraction of sp³-hybridized carbons (Fsp3) is 0.500. The van der Waals surface area contributed by atoms with Gasteiger partial charge in [0.25, 0.3) is 5.91 Å². The molecular weight excluding hydrogens is 346 g/mol. The largest absolute Gasteiger partial charge is 0.492 e. The van der Waals surface area contributed by atoms with Crippen LogP contribution in [0.2, 0.25) is 0 Å². The molecule has 1 N–H and O–H groups in total. The van der Waals surface area contributed by atoms with Crippen molar-refractivity contribution in [2.45, 2.75) is 38.3 Å². The van der Waals surface area contributed by atoms with E-state index in [1.54, 1.807) is 0 Å². The summed E-state index contributed by atoms with van der Waals surface area (Å²) in [6, 6.07) is 6.52. The van der Waals surface area contributed by atoms with Gasteiger partial charge in [-0.2, -0.15) is 0 Å². The average molecular weight is 372 g/mol. The van der Waals surface area contributed by atoms with Gasteiger partial charge in [-0.05, 0) is 68.3 Å². The molecule has 0 spiro atoms. The number of carbonyl (C=O) groups excluding carboxylic acids is 1. The summed E-state index contributed by atoms with van der Waals surface area (Å²) < 4.78 is 5.60. The number of ether oxygens (including phenoxy) is 1. The van der Waals surface area contributed by atoms with Crippen LogP contribution in [0.4, 0.5) is 0 Å². The topological polar surface area (TPSA) is 54.5 Å². The van der Waals surface area contributed by atoms with Gasteiger partial charge in [-0.3, -0.25) is 14.7 Å². The van der Waals surface area contributed by atoms with Gasteiger partial charge in [0.05, 0.1) is 6.61 Å². The summed E-state index contributed by atoms with van der Waals surface area (Å²) in [6.07, 6.45) is 7.00. The molecule has 3 saturated heterocycles. The smallest absolute Gasteiger partial charge is 0.265 e. The van der Waals surface area contributed by atoms with E-state index in [0.29, 0.717) is 29.2 Å². The van der Waals surface area contributed by atoms with Crippen LogP contribution in [0.5, 0.6) is 5.75 Å². The summed E-state index contributed by atoms with van der Waals surface area (Å²) >= 11 is 1.45. The van der Waals surface area contributed by atoms with E-state index < -0.39 is 0 Å². The van der Waals surface area contributed by atoms with Crippen LogP contribution in [0.1, 0.15) is 35.0 Å². The molecule has 0 radical (unpaired) electrons. The Morgan fingerprint density at radius 1 is 1.38 bits per heavy atom. The van der Waals surface area contributed by atoms with Crippen molar-refractivity contribution < 1.29 is 9.53 Å². The quantitative estimate of drug-likeness (QED) is 0.848. The Hall–Kier alpha value is -1.92. The van der Waals surface area contributed by atoms with Crippen molar-refractivity contribution in [3.63, 3.8) is 0 Å². The van der Waals surface area contributed by atoms with Crippen LogP contribution in [0, 0.1) is 5.92 Å². The summed E-state index contributed by atoms with van der Waals surface area (Å²) in [5, 5.41) is 5.27. The van der Waals surface area contributed by atoms with Crippen molar-refractivity contribution in [1.82, 2.24) is 15.2 Å². The number of carbonyl (C=O) groups is 1. The predicted molar refractivity (Wildman–Crippen MR) is 103 cm³/mol. The highest BCUT2D eigenvalue weighted by molar-refractivity contribution is 7.12. The Kier molecular flexibility index (Phi) is 5.22. The second-order valence-electron chi connectivity index (χ2n) is 7.05. The van der Waals surface area contributed by atoms with Gasteiger partial charge >= 0.3 is 0 Å². The van der Waals surface area contributed by atoms with Crippen LogP contribution in [0.15, 0.2) is 36.0 Å². The molecule has 5 heterocycles. The summed E-state index contributed by atoms with van der Waals surface area (Å²) in [4.78, 5) is 20.4. The van der Waals surface area contributed by atoms with Gasteiger partial charge < -0.3 is 10.1 Å². The van der Waals surface area contributed by atoms with Gasteiger partial charge in [0.15, 0.2) is 0 Å². The number of aromatic nitrogens is 1. The minimum absolute atomic E-state index is 0.00149. The molecule has 3 aliphatic heterocycles. The van der Waals surface area contributed by atoms with E-state index in [1.165, 1.54) is 16.9 Å². The van der Waals surface area contributed by atoms with Crippen LogP contribution >= 0.6 is 11.3 Å². The number of amides is 1. The Morgan fingerprint density at radius 2 is 2.23 bits per heavy atom. The number of hydrogen-bond acceptors (Lipinski definition) is 5. The maximum atomic E-state index is 12.9. The molecule has 5 rings (SSSR count). The molecule has 2 aromatic rings. The molecule has 5 nitrogen and oxygen atoms in total. The molecule has 2 atom stereocenters. The number of nitrogens with zero attached hydrogens (tertiary/aromatic N) is 2. The predicted octanol–water partition coefficient (Wildman–Crippen LogP) is 2.98. The van der Waals surface area contributed by atoms with Gasteiger partial charge in [-0.1, -0.05) is 6.07 Å². The van der Waals surface area contributed by atoms with E-state index in [1.807, 2.05) is 36.8 Å². The molecule has 2 aromatic heterocycles. The molecule has 0 aromatic carbocycles. The van der Waals surface area contributed by atoms with Gasteiger partial charge in [-0.15, -0.1) is 11.3 Å². The number of rotatable bonds is 6. The zero-order chi connectivity index (χ0) is 17.9. The fourth-order valence-corrected chi connectivity index (χ4v) is 5.07. The van der Waals surface area contributed by atoms with Crippen molar-refractivity contribution in [2.24, 2.45) is 5.92 Å². The number of hydrogen-bond donors (Lipinski definition) is 1. The molecule has 0 saturated carbocycles. The monoisotopic (exact) mass is 371 g/mol. The molecule has 6 heteroatoms. The molecule has 0 aliphatic carbocycles. The van der Waals surface area contributed by atoms with E-state index in [2.05, 4.69) is 21.3 Å². The van der Waals surface area contributed by atoms with E-state index in [9.17, 15) is 4.79 Å². The molecule has 2 bridgehead atoms. The third kappa shape index (κ3) is 3.48. The number of pyridine rings is 1. The Balaban J connectivity index is 1.52. The molecule has 138 valence electrons. The Bertz CT molecular complexity index is 741. The Morgan fingerprint density at radius 3 is 2.96 bits per heavy atom. The van der Waals surface area contributed by atoms with Crippen LogP contribution in [-0.4, -0.2) is 47.6 Å². The Labute approximate surface area is 158 Å². The van der Waals surface area contributed by atoms with Gasteiger partial charge in [0.1, 0.15) is 10.6 Å². The van der Waals surface area contributed by atoms with Crippen molar-refractivity contribution in [3.8, 4) is 5.75 Å². The molecule has 1 amide bonds. The fourth-order valence-electron chi connectivity index (χ4n) is 4.33. The van der Waals surface area contributed by atoms with E-state index in [-0.39, 0.29) is 11.9 Å². The minimum atomic E-state index is -0.00149. The minimum Gasteiger partial charge on any atom is -0.492 e. The normalized spacial score (nSPS) is 27.3. The SMILES string of the molecule is CCOc1ccsc1C(=O)NC1C2CCN(CC2)C1Cc1cccnc1. The third-order valence-electron chi connectivity index (χ3n) is 5.57. The molecule has 3 aliphatic rings. The first-order valence-corrected chi connectivity index (χ1v) is 10.3. The highest BCUT2D eigenvalue weighted by Crippen LogP contribution is 2.35. The maximum absolute atomic E-state index is 12.9. The lowest BCUT2D eigenvalue weighted by Gasteiger charge is -2.51. The number of fused-ring (bicyclic) bond motifs is 3. The van der Waals surface area contributed by atoms with E-state index >= 15 is 0 Å². The lowest BCUT2D eigenvalue weighted by molar-refractivity contribution is 0.0136. The van der Waals surface area contributed by atoms with Crippen molar-refractivity contribution >= 4 is 17.2 Å². The van der Waals surface area contributed by atoms with Crippen LogP contribution < -0.4 is 10.1 Å². The third-order valence-corrected chi connectivity index (χ3v) is 6.46. The highest BCUT2D eigenvalue weighted by atomic mass is 32.1. The van der Waals surface area contributed by atoms with E-state index in [0.717, 1.165) is 32.4 Å². The van der Waals surface area contributed by atoms with Crippen LogP contribution in [0.3, 0.4) is 0 Å². The maximum Gasteiger partial charge on any atom is 0.265 e. The van der Waals surface area contributed by atoms with Crippen molar-refractivity contribution in [3.05, 3.63) is 46.4 Å². The van der Waals surface area contributed by atoms with E-state index in [4.69, 9.17) is 4.74 Å². The standard InChI is InChI=1S/C20H25N3O2S/c1-2-25-17-7-11-26-19(17)20(24)22-18-15-5-9-23(10-6-15)16(18)12-14-4-3-8-21-13-14/h3-4,7-8,11,13,15-16,18H,2,5-6,9-10,12H2,1H3,(H,22,24). The first kappa shape index (κ1) is 17.5. The summed E-state index contributed by atoms with van der Waals surface area (Å²) in [6.45, 7) is 4.77. The van der Waals surface area contributed by atoms with Crippen LogP contribution in [0.25, 0.3) is 0 Å². The zero-order valence-corrected chi connectivity index (χ0v) is 15.9. The zero-order valence-electron chi connectivity index (χ0n) is 15.1. The second-order valence-corrected chi connectivity index (χ2v) is 7.97. The number of piperidine rings is 3. The number of thiophene rings is 1. The average Bonchev–Trinajstić information content (AvgIpc) is 3.14. The lowest BCUT2D eigenvalue weighted by Crippen LogP contribution is -2.64.